The van der Waals surface area contributed by atoms with Crippen molar-refractivity contribution in [3.63, 3.8) is 0 Å². The van der Waals surface area contributed by atoms with Crippen molar-refractivity contribution in [1.29, 1.82) is 0 Å². The number of carbonyl (C=O) groups excluding carboxylic acids is 1. The Morgan fingerprint density at radius 1 is 1.21 bits per heavy atom. The molecule has 0 fully saturated rings. The van der Waals surface area contributed by atoms with Crippen molar-refractivity contribution in [2.45, 2.75) is 25.6 Å². The van der Waals surface area contributed by atoms with Crippen LogP contribution >= 0.6 is 11.3 Å². The number of benzene rings is 1. The molecule has 1 N–H and O–H groups in total. The Morgan fingerprint density at radius 3 is 2.71 bits per heavy atom. The first-order chi connectivity index (χ1) is 11.8. The molecule has 1 aromatic heterocycles. The smallest absolute Gasteiger partial charge is 0.410 e. The van der Waals surface area contributed by atoms with E-state index in [0.29, 0.717) is 6.54 Å². The summed E-state index contributed by atoms with van der Waals surface area (Å²) in [6.45, 7) is 0.901. The summed E-state index contributed by atoms with van der Waals surface area (Å²) in [6, 6.07) is 13.6. The number of ether oxygens (including phenoxy) is 1. The molecule has 24 heavy (non-hydrogen) atoms. The zero-order valence-electron chi connectivity index (χ0n) is 13.4. The van der Waals surface area contributed by atoms with Crippen molar-refractivity contribution >= 4 is 17.4 Å². The maximum absolute atomic E-state index is 12.6. The molecule has 5 heteroatoms. The number of aliphatic hydroxyl groups excluding tert-OH is 1. The highest BCUT2D eigenvalue weighted by Gasteiger charge is 2.29. The van der Waals surface area contributed by atoms with Crippen molar-refractivity contribution < 1.29 is 14.6 Å². The highest BCUT2D eigenvalue weighted by molar-refractivity contribution is 7.09. The Balaban J connectivity index is 1.66. The summed E-state index contributed by atoms with van der Waals surface area (Å²) < 4.78 is 5.52. The molecule has 0 radical (unpaired) electrons. The van der Waals surface area contributed by atoms with Gasteiger partial charge in [-0.1, -0.05) is 48.6 Å². The molecule has 1 aliphatic rings. The third kappa shape index (κ3) is 4.24. The van der Waals surface area contributed by atoms with Gasteiger partial charge < -0.3 is 9.84 Å². The fourth-order valence-corrected chi connectivity index (χ4v) is 3.51. The van der Waals surface area contributed by atoms with E-state index in [9.17, 15) is 9.90 Å². The summed E-state index contributed by atoms with van der Waals surface area (Å²) in [6.07, 6.45) is 4.40. The van der Waals surface area contributed by atoms with E-state index in [-0.39, 0.29) is 31.3 Å². The highest BCUT2D eigenvalue weighted by Crippen LogP contribution is 2.25. The molecule has 4 nitrogen and oxygen atoms in total. The molecule has 1 aromatic carbocycles. The number of hydrogen-bond acceptors (Lipinski definition) is 4. The van der Waals surface area contributed by atoms with Crippen molar-refractivity contribution in [3.8, 4) is 0 Å². The lowest BCUT2D eigenvalue weighted by Gasteiger charge is -2.27. The van der Waals surface area contributed by atoms with Crippen LogP contribution in [0, 0.1) is 5.92 Å². The van der Waals surface area contributed by atoms with Gasteiger partial charge in [0.2, 0.25) is 0 Å². The molecule has 1 aliphatic carbocycles. The fraction of sp³-hybridized carbons (Fsp3) is 0.316. The van der Waals surface area contributed by atoms with Crippen LogP contribution in [-0.4, -0.2) is 28.7 Å². The standard InChI is InChI=1S/C19H21NO3S/c21-13-16-8-9-17(11-16)20(12-18-7-4-10-24-18)19(22)23-14-15-5-2-1-3-6-15/h1-10,16-17,21H,11-14H2/t16-,17+/m0/s1. The summed E-state index contributed by atoms with van der Waals surface area (Å²) in [4.78, 5) is 15.5. The maximum Gasteiger partial charge on any atom is 0.410 e. The summed E-state index contributed by atoms with van der Waals surface area (Å²) in [5.41, 5.74) is 0.970. The number of thiophene rings is 1. The first-order valence-electron chi connectivity index (χ1n) is 8.05. The lowest BCUT2D eigenvalue weighted by molar-refractivity contribution is 0.0819. The molecule has 0 unspecified atom stereocenters. The van der Waals surface area contributed by atoms with E-state index in [0.717, 1.165) is 16.9 Å². The molecular weight excluding hydrogens is 322 g/mol. The second-order valence-corrected chi connectivity index (χ2v) is 6.91. The van der Waals surface area contributed by atoms with Crippen molar-refractivity contribution in [2.24, 2.45) is 5.92 Å². The Bertz CT molecular complexity index is 669. The lowest BCUT2D eigenvalue weighted by atomic mass is 10.1. The van der Waals surface area contributed by atoms with Gasteiger partial charge in [0.05, 0.1) is 12.6 Å². The zero-order chi connectivity index (χ0) is 16.8. The van der Waals surface area contributed by atoms with Crippen LogP contribution in [0.25, 0.3) is 0 Å². The maximum atomic E-state index is 12.6. The highest BCUT2D eigenvalue weighted by atomic mass is 32.1. The quantitative estimate of drug-likeness (QED) is 0.811. The lowest BCUT2D eigenvalue weighted by Crippen LogP contribution is -2.38. The fourth-order valence-electron chi connectivity index (χ4n) is 2.81. The van der Waals surface area contributed by atoms with Crippen LogP contribution in [0.1, 0.15) is 16.9 Å². The Labute approximate surface area is 146 Å². The van der Waals surface area contributed by atoms with E-state index in [1.165, 1.54) is 0 Å². The summed E-state index contributed by atoms with van der Waals surface area (Å²) >= 11 is 1.63. The van der Waals surface area contributed by atoms with E-state index in [1.54, 1.807) is 16.2 Å². The number of rotatable bonds is 6. The minimum atomic E-state index is -0.319. The van der Waals surface area contributed by atoms with Crippen molar-refractivity contribution in [3.05, 3.63) is 70.4 Å². The predicted molar refractivity (Wildman–Crippen MR) is 94.6 cm³/mol. The van der Waals surface area contributed by atoms with Crippen LogP contribution in [0.2, 0.25) is 0 Å². The summed E-state index contributed by atoms with van der Waals surface area (Å²) in [7, 11) is 0. The third-order valence-electron chi connectivity index (χ3n) is 4.13. The Morgan fingerprint density at radius 2 is 2.04 bits per heavy atom. The van der Waals surface area contributed by atoms with Gasteiger partial charge in [-0.3, -0.25) is 4.90 Å². The van der Waals surface area contributed by atoms with Crippen LogP contribution in [0.5, 0.6) is 0 Å². The predicted octanol–water partition coefficient (Wildman–Crippen LogP) is 3.82. The van der Waals surface area contributed by atoms with E-state index in [2.05, 4.69) is 0 Å². The first-order valence-corrected chi connectivity index (χ1v) is 8.93. The zero-order valence-corrected chi connectivity index (χ0v) is 14.2. The van der Waals surface area contributed by atoms with Gasteiger partial charge in [-0.05, 0) is 23.4 Å². The SMILES string of the molecule is O=C(OCc1ccccc1)N(Cc1cccs1)[C@@H]1C=C[C@H](CO)C1. The van der Waals surface area contributed by atoms with E-state index in [4.69, 9.17) is 4.74 Å². The van der Waals surface area contributed by atoms with E-state index < -0.39 is 0 Å². The molecule has 1 heterocycles. The van der Waals surface area contributed by atoms with Gasteiger partial charge >= 0.3 is 6.09 Å². The average Bonchev–Trinajstić information content (AvgIpc) is 3.30. The number of nitrogens with zero attached hydrogens (tertiary/aromatic N) is 1. The van der Waals surface area contributed by atoms with Gasteiger partial charge in [0.25, 0.3) is 0 Å². The van der Waals surface area contributed by atoms with Crippen molar-refractivity contribution in [2.75, 3.05) is 6.61 Å². The van der Waals surface area contributed by atoms with Gasteiger partial charge in [0.15, 0.2) is 0 Å². The van der Waals surface area contributed by atoms with Crippen LogP contribution < -0.4 is 0 Å². The molecule has 0 aliphatic heterocycles. The molecule has 0 saturated carbocycles. The second-order valence-electron chi connectivity index (χ2n) is 5.88. The number of carbonyl (C=O) groups is 1. The third-order valence-corrected chi connectivity index (χ3v) is 4.99. The number of aliphatic hydroxyl groups is 1. The number of hydrogen-bond donors (Lipinski definition) is 1. The van der Waals surface area contributed by atoms with Crippen LogP contribution in [-0.2, 0) is 17.9 Å². The molecule has 0 bridgehead atoms. The molecular formula is C19H21NO3S. The van der Waals surface area contributed by atoms with Crippen molar-refractivity contribution in [1.82, 2.24) is 4.90 Å². The molecule has 2 aromatic rings. The first kappa shape index (κ1) is 16.7. The molecule has 126 valence electrons. The molecule has 0 saturated heterocycles. The van der Waals surface area contributed by atoms with Crippen LogP contribution in [0.15, 0.2) is 60.0 Å². The Hall–Kier alpha value is -2.11. The molecule has 2 atom stereocenters. The van der Waals surface area contributed by atoms with E-state index in [1.807, 2.05) is 60.0 Å². The largest absolute Gasteiger partial charge is 0.445 e. The molecule has 0 spiro atoms. The van der Waals surface area contributed by atoms with Gasteiger partial charge in [0, 0.05) is 17.4 Å². The normalized spacial score (nSPS) is 19.4. The molecule has 1 amide bonds. The second kappa shape index (κ2) is 8.13. The Kier molecular flexibility index (Phi) is 5.67. The monoisotopic (exact) mass is 343 g/mol. The number of amides is 1. The van der Waals surface area contributed by atoms with Crippen LogP contribution in [0.3, 0.4) is 0 Å². The van der Waals surface area contributed by atoms with Gasteiger partial charge in [-0.15, -0.1) is 11.3 Å². The summed E-state index contributed by atoms with van der Waals surface area (Å²) in [5, 5.41) is 11.3. The van der Waals surface area contributed by atoms with Crippen LogP contribution in [0.4, 0.5) is 4.79 Å². The minimum Gasteiger partial charge on any atom is -0.445 e. The molecule has 3 rings (SSSR count). The van der Waals surface area contributed by atoms with Gasteiger partial charge in [-0.2, -0.15) is 0 Å². The van der Waals surface area contributed by atoms with Gasteiger partial charge in [0.1, 0.15) is 6.61 Å². The average molecular weight is 343 g/mol. The van der Waals surface area contributed by atoms with Gasteiger partial charge in [-0.25, -0.2) is 4.79 Å². The summed E-state index contributed by atoms with van der Waals surface area (Å²) in [5.74, 6) is 0.114. The minimum absolute atomic E-state index is 0.0347. The van der Waals surface area contributed by atoms with E-state index >= 15 is 0 Å². The topological polar surface area (TPSA) is 49.8 Å².